The van der Waals surface area contributed by atoms with Crippen LogP contribution in [0.25, 0.3) is 10.9 Å². The van der Waals surface area contributed by atoms with Gasteiger partial charge in [0.1, 0.15) is 12.4 Å². The first kappa shape index (κ1) is 23.4. The van der Waals surface area contributed by atoms with E-state index in [9.17, 15) is 4.79 Å². The summed E-state index contributed by atoms with van der Waals surface area (Å²) >= 11 is 5.92. The molecular formula is C25H21Cl2N2O3-. The van der Waals surface area contributed by atoms with Crippen molar-refractivity contribution in [2.45, 2.75) is 13.5 Å². The number of pyridine rings is 1. The topological polar surface area (TPSA) is 60.5 Å². The van der Waals surface area contributed by atoms with Crippen molar-refractivity contribution in [3.05, 3.63) is 94.6 Å². The van der Waals surface area contributed by atoms with Gasteiger partial charge in [0.05, 0.1) is 18.2 Å². The Morgan fingerprint density at radius 3 is 2.41 bits per heavy atom. The molecule has 164 valence electrons. The summed E-state index contributed by atoms with van der Waals surface area (Å²) in [7, 11) is 1.37. The van der Waals surface area contributed by atoms with Crippen LogP contribution < -0.4 is 22.5 Å². The van der Waals surface area contributed by atoms with Crippen LogP contribution in [-0.4, -0.2) is 18.1 Å². The van der Waals surface area contributed by atoms with E-state index in [-0.39, 0.29) is 18.4 Å². The summed E-state index contributed by atoms with van der Waals surface area (Å²) in [6.45, 7) is 2.40. The van der Waals surface area contributed by atoms with Crippen LogP contribution in [0.2, 0.25) is 5.02 Å². The molecular weight excluding hydrogens is 447 g/mol. The number of hydrogen-bond donors (Lipinski definition) is 1. The molecule has 0 aliphatic carbocycles. The highest BCUT2D eigenvalue weighted by molar-refractivity contribution is 6.30. The van der Waals surface area contributed by atoms with Crippen LogP contribution in [0, 0.1) is 6.92 Å². The van der Waals surface area contributed by atoms with Gasteiger partial charge in [-0.25, -0.2) is 4.79 Å². The third-order valence-electron chi connectivity index (χ3n) is 4.81. The maximum absolute atomic E-state index is 11.9. The number of aromatic nitrogens is 1. The van der Waals surface area contributed by atoms with Gasteiger partial charge in [-0.15, -0.1) is 0 Å². The van der Waals surface area contributed by atoms with Gasteiger partial charge >= 0.3 is 5.97 Å². The summed E-state index contributed by atoms with van der Waals surface area (Å²) in [6, 6.07) is 22.6. The van der Waals surface area contributed by atoms with Crippen LogP contribution in [0.5, 0.6) is 5.75 Å². The lowest BCUT2D eigenvalue weighted by molar-refractivity contribution is -0.0000211. The molecule has 32 heavy (non-hydrogen) atoms. The van der Waals surface area contributed by atoms with Crippen molar-refractivity contribution in [1.82, 2.24) is 4.98 Å². The van der Waals surface area contributed by atoms with Crippen LogP contribution in [0.4, 0.5) is 11.4 Å². The predicted molar refractivity (Wildman–Crippen MR) is 123 cm³/mol. The van der Waals surface area contributed by atoms with Gasteiger partial charge in [-0.05, 0) is 73.2 Å². The molecule has 0 amide bonds. The van der Waals surface area contributed by atoms with Crippen LogP contribution in [-0.2, 0) is 11.3 Å². The van der Waals surface area contributed by atoms with Crippen molar-refractivity contribution in [2.24, 2.45) is 0 Å². The van der Waals surface area contributed by atoms with E-state index in [1.807, 2.05) is 67.6 Å². The molecule has 4 rings (SSSR count). The number of esters is 1. The average Bonchev–Trinajstić information content (AvgIpc) is 2.79. The zero-order valence-electron chi connectivity index (χ0n) is 17.6. The normalized spacial score (nSPS) is 10.3. The number of benzene rings is 3. The largest absolute Gasteiger partial charge is 1.00 e. The Hall–Kier alpha value is -3.28. The summed E-state index contributed by atoms with van der Waals surface area (Å²) in [4.78, 5) is 16.5. The van der Waals surface area contributed by atoms with Crippen LogP contribution in [0.15, 0.2) is 72.8 Å². The van der Waals surface area contributed by atoms with E-state index < -0.39 is 0 Å². The number of ether oxygens (including phenoxy) is 2. The summed E-state index contributed by atoms with van der Waals surface area (Å²) in [6.07, 6.45) is 0. The van der Waals surface area contributed by atoms with Gasteiger partial charge in [-0.3, -0.25) is 4.98 Å². The summed E-state index contributed by atoms with van der Waals surface area (Å²) < 4.78 is 10.7. The SMILES string of the molecule is COC(=O)c1ccc2nc(C)cc(Nc3ccc(OCc4ccc(Cl)cc4)cc3)c2c1.[Cl-]. The number of nitrogens with one attached hydrogen (secondary N) is 1. The fourth-order valence-electron chi connectivity index (χ4n) is 3.24. The van der Waals surface area contributed by atoms with E-state index in [1.165, 1.54) is 7.11 Å². The number of halogens is 2. The van der Waals surface area contributed by atoms with Crippen LogP contribution in [0.1, 0.15) is 21.6 Å². The van der Waals surface area contributed by atoms with Crippen LogP contribution in [0.3, 0.4) is 0 Å². The maximum atomic E-state index is 11.9. The highest BCUT2D eigenvalue weighted by Crippen LogP contribution is 2.28. The molecule has 0 saturated heterocycles. The molecule has 1 aromatic heterocycles. The second-order valence-electron chi connectivity index (χ2n) is 7.10. The van der Waals surface area contributed by atoms with Crippen molar-refractivity contribution in [1.29, 1.82) is 0 Å². The highest BCUT2D eigenvalue weighted by Gasteiger charge is 2.10. The predicted octanol–water partition coefficient (Wildman–Crippen LogP) is 3.31. The van der Waals surface area contributed by atoms with Crippen molar-refractivity contribution < 1.29 is 26.7 Å². The first-order valence-electron chi connectivity index (χ1n) is 9.76. The van der Waals surface area contributed by atoms with E-state index in [4.69, 9.17) is 21.1 Å². The lowest BCUT2D eigenvalue weighted by Gasteiger charge is -2.13. The lowest BCUT2D eigenvalue weighted by atomic mass is 10.1. The molecule has 1 heterocycles. The lowest BCUT2D eigenvalue weighted by Crippen LogP contribution is -3.00. The second-order valence-corrected chi connectivity index (χ2v) is 7.54. The first-order valence-corrected chi connectivity index (χ1v) is 10.1. The zero-order valence-corrected chi connectivity index (χ0v) is 19.1. The van der Waals surface area contributed by atoms with Crippen molar-refractivity contribution in [3.63, 3.8) is 0 Å². The minimum Gasteiger partial charge on any atom is -1.00 e. The van der Waals surface area contributed by atoms with Gasteiger partial charge in [0, 0.05) is 27.5 Å². The number of carbonyl (C=O) groups excluding carboxylic acids is 1. The quantitative estimate of drug-likeness (QED) is 0.440. The molecule has 0 aliphatic heterocycles. The smallest absolute Gasteiger partial charge is 0.337 e. The Kier molecular flexibility index (Phi) is 7.57. The van der Waals surface area contributed by atoms with Gasteiger partial charge in [-0.1, -0.05) is 23.7 Å². The Bertz CT molecular complexity index is 1230. The second kappa shape index (κ2) is 10.4. The van der Waals surface area contributed by atoms with Crippen molar-refractivity contribution in [3.8, 4) is 5.75 Å². The third kappa shape index (κ3) is 5.49. The van der Waals surface area contributed by atoms with Crippen LogP contribution >= 0.6 is 11.6 Å². The van der Waals surface area contributed by atoms with Crippen molar-refractivity contribution >= 4 is 39.8 Å². The fraction of sp³-hybridized carbons (Fsp3) is 0.120. The molecule has 0 saturated carbocycles. The number of carbonyl (C=O) groups is 1. The monoisotopic (exact) mass is 467 g/mol. The number of aryl methyl sites for hydroxylation is 1. The van der Waals surface area contributed by atoms with E-state index >= 15 is 0 Å². The molecule has 5 nitrogen and oxygen atoms in total. The molecule has 0 bridgehead atoms. The number of nitrogens with zero attached hydrogens (tertiary/aromatic N) is 1. The zero-order chi connectivity index (χ0) is 21.8. The summed E-state index contributed by atoms with van der Waals surface area (Å²) in [5.41, 5.74) is 4.97. The molecule has 0 fully saturated rings. The van der Waals surface area contributed by atoms with Crippen molar-refractivity contribution in [2.75, 3.05) is 12.4 Å². The fourth-order valence-corrected chi connectivity index (χ4v) is 3.37. The van der Waals surface area contributed by atoms with E-state index in [0.29, 0.717) is 17.2 Å². The number of anilines is 2. The molecule has 7 heteroatoms. The average molecular weight is 468 g/mol. The molecule has 4 aromatic rings. The molecule has 0 aliphatic rings. The van der Waals surface area contributed by atoms with E-state index in [0.717, 1.165) is 39.3 Å². The number of methoxy groups -OCH3 is 1. The molecule has 0 unspecified atom stereocenters. The van der Waals surface area contributed by atoms with Gasteiger partial charge in [0.25, 0.3) is 0 Å². The molecule has 1 N–H and O–H groups in total. The minimum absolute atomic E-state index is 0. The van der Waals surface area contributed by atoms with Gasteiger partial charge in [0.2, 0.25) is 0 Å². The Morgan fingerprint density at radius 2 is 1.72 bits per heavy atom. The third-order valence-corrected chi connectivity index (χ3v) is 5.06. The van der Waals surface area contributed by atoms with E-state index in [1.54, 1.807) is 12.1 Å². The highest BCUT2D eigenvalue weighted by atomic mass is 35.5. The first-order chi connectivity index (χ1) is 15.0. The number of hydrogen-bond acceptors (Lipinski definition) is 5. The van der Waals surface area contributed by atoms with Gasteiger partial charge in [-0.2, -0.15) is 0 Å². The molecule has 0 spiro atoms. The summed E-state index contributed by atoms with van der Waals surface area (Å²) in [5.74, 6) is 0.389. The number of fused-ring (bicyclic) bond motifs is 1. The van der Waals surface area contributed by atoms with E-state index in [2.05, 4.69) is 10.3 Å². The Labute approximate surface area is 197 Å². The molecule has 0 atom stereocenters. The molecule has 0 radical (unpaired) electrons. The van der Waals surface area contributed by atoms with Gasteiger partial charge in [0.15, 0.2) is 0 Å². The Balaban J connectivity index is 0.00000289. The Morgan fingerprint density at radius 1 is 1.00 bits per heavy atom. The standard InChI is InChI=1S/C25H21ClN2O3.ClH/c1-16-13-24(22-14-18(25(29)30-2)5-12-23(22)27-16)28-20-8-10-21(11-9-20)31-15-17-3-6-19(26)7-4-17;/h3-14H,15H2,1-2H3,(H,27,28);1H/p-1. The minimum atomic E-state index is -0.379. The maximum Gasteiger partial charge on any atom is 0.337 e. The van der Waals surface area contributed by atoms with Gasteiger partial charge < -0.3 is 27.2 Å². The number of rotatable bonds is 6. The summed E-state index contributed by atoms with van der Waals surface area (Å²) in [5, 5.41) is 4.97. The molecule has 3 aromatic carbocycles.